The highest BCUT2D eigenvalue weighted by Crippen LogP contribution is 2.35. The molecule has 0 aliphatic carbocycles. The standard InChI is InChI=1S/C26H18Cl2N2O3S/c27-20-10-9-17(11-21(20)28)13-30-14-18(12-23-25(31)29-26(32)34-23)19-7-4-8-22(24(19)30)33-15-16-5-2-1-3-6-16/h1-12,14H,13,15H2,(H,29,31,32). The minimum Gasteiger partial charge on any atom is -0.487 e. The predicted molar refractivity (Wildman–Crippen MR) is 137 cm³/mol. The third kappa shape index (κ3) is 4.71. The molecular formula is C26H18Cl2N2O3S. The molecule has 2 heterocycles. The molecule has 1 aromatic heterocycles. The zero-order valence-corrected chi connectivity index (χ0v) is 20.1. The van der Waals surface area contributed by atoms with Gasteiger partial charge in [-0.1, -0.05) is 71.7 Å². The summed E-state index contributed by atoms with van der Waals surface area (Å²) in [7, 11) is 0. The number of carbonyl (C=O) groups is 2. The molecule has 4 aromatic rings. The van der Waals surface area contributed by atoms with Crippen molar-refractivity contribution in [1.29, 1.82) is 0 Å². The van der Waals surface area contributed by atoms with Crippen LogP contribution in [0.3, 0.4) is 0 Å². The van der Waals surface area contributed by atoms with Crippen LogP contribution in [0.1, 0.15) is 16.7 Å². The molecule has 0 spiro atoms. The van der Waals surface area contributed by atoms with E-state index in [-0.39, 0.29) is 5.24 Å². The number of fused-ring (bicyclic) bond motifs is 1. The number of imide groups is 1. The first-order valence-corrected chi connectivity index (χ1v) is 12.0. The van der Waals surface area contributed by atoms with Crippen LogP contribution < -0.4 is 10.1 Å². The highest BCUT2D eigenvalue weighted by molar-refractivity contribution is 8.18. The molecule has 0 saturated carbocycles. The number of halogens is 2. The van der Waals surface area contributed by atoms with E-state index in [9.17, 15) is 9.59 Å². The summed E-state index contributed by atoms with van der Waals surface area (Å²) in [4.78, 5) is 24.1. The number of carbonyl (C=O) groups excluding carboxylic acids is 2. The van der Waals surface area contributed by atoms with Gasteiger partial charge in [-0.3, -0.25) is 14.9 Å². The highest BCUT2D eigenvalue weighted by Gasteiger charge is 2.26. The Bertz CT molecular complexity index is 1450. The number of rotatable bonds is 6. The molecule has 0 atom stereocenters. The lowest BCUT2D eigenvalue weighted by Gasteiger charge is -2.12. The summed E-state index contributed by atoms with van der Waals surface area (Å²) >= 11 is 13.2. The molecule has 2 amide bonds. The fourth-order valence-corrected chi connectivity index (χ4v) is 4.84. The average Bonchev–Trinajstić information content (AvgIpc) is 3.34. The first-order valence-electron chi connectivity index (χ1n) is 10.5. The maximum absolute atomic E-state index is 12.1. The summed E-state index contributed by atoms with van der Waals surface area (Å²) in [6.45, 7) is 0.932. The Morgan fingerprint density at radius 3 is 2.50 bits per heavy atom. The van der Waals surface area contributed by atoms with Crippen LogP contribution in [0.15, 0.2) is 77.8 Å². The molecule has 3 aromatic carbocycles. The molecule has 170 valence electrons. The van der Waals surface area contributed by atoms with E-state index in [0.29, 0.717) is 33.9 Å². The topological polar surface area (TPSA) is 60.3 Å². The number of hydrogen-bond acceptors (Lipinski definition) is 4. The van der Waals surface area contributed by atoms with E-state index in [1.807, 2.05) is 66.9 Å². The van der Waals surface area contributed by atoms with Gasteiger partial charge in [-0.2, -0.15) is 0 Å². The maximum atomic E-state index is 12.1. The van der Waals surface area contributed by atoms with Gasteiger partial charge < -0.3 is 9.30 Å². The zero-order chi connectivity index (χ0) is 23.7. The van der Waals surface area contributed by atoms with Crippen LogP contribution in [0.25, 0.3) is 17.0 Å². The zero-order valence-electron chi connectivity index (χ0n) is 17.8. The van der Waals surface area contributed by atoms with Crippen LogP contribution in [0.2, 0.25) is 10.0 Å². The number of amides is 2. The molecule has 8 heteroatoms. The van der Waals surface area contributed by atoms with Crippen LogP contribution in [-0.4, -0.2) is 15.7 Å². The Hall–Kier alpha value is -3.19. The molecule has 1 aliphatic rings. The molecule has 1 saturated heterocycles. The van der Waals surface area contributed by atoms with Crippen LogP contribution in [-0.2, 0) is 17.9 Å². The van der Waals surface area contributed by atoms with Gasteiger partial charge in [0, 0.05) is 23.7 Å². The number of thioether (sulfide) groups is 1. The fraction of sp³-hybridized carbons (Fsp3) is 0.0769. The highest BCUT2D eigenvalue weighted by atomic mass is 35.5. The van der Waals surface area contributed by atoms with Gasteiger partial charge in [0.25, 0.3) is 11.1 Å². The Labute approximate surface area is 210 Å². The number of nitrogens with zero attached hydrogens (tertiary/aromatic N) is 1. The number of ether oxygens (including phenoxy) is 1. The molecule has 1 fully saturated rings. The SMILES string of the molecule is O=C1NC(=O)C(=Cc2cn(Cc3ccc(Cl)c(Cl)c3)c3c(OCc4ccccc4)cccc23)S1. The van der Waals surface area contributed by atoms with Gasteiger partial charge in [0.05, 0.1) is 20.5 Å². The molecule has 34 heavy (non-hydrogen) atoms. The number of hydrogen-bond donors (Lipinski definition) is 1. The van der Waals surface area contributed by atoms with E-state index in [0.717, 1.165) is 39.4 Å². The van der Waals surface area contributed by atoms with E-state index in [1.165, 1.54) is 0 Å². The lowest BCUT2D eigenvalue weighted by atomic mass is 10.1. The third-order valence-corrected chi connectivity index (χ3v) is 6.94. The molecule has 0 bridgehead atoms. The molecule has 1 N–H and O–H groups in total. The molecule has 1 aliphatic heterocycles. The monoisotopic (exact) mass is 508 g/mol. The van der Waals surface area contributed by atoms with Gasteiger partial charge in [-0.05, 0) is 47.2 Å². The third-order valence-electron chi connectivity index (χ3n) is 5.39. The second-order valence-corrected chi connectivity index (χ2v) is 9.57. The van der Waals surface area contributed by atoms with Crippen molar-refractivity contribution in [2.75, 3.05) is 0 Å². The molecule has 0 radical (unpaired) electrons. The summed E-state index contributed by atoms with van der Waals surface area (Å²) in [6.07, 6.45) is 3.69. The van der Waals surface area contributed by atoms with E-state index >= 15 is 0 Å². The van der Waals surface area contributed by atoms with Crippen molar-refractivity contribution in [2.24, 2.45) is 0 Å². The molecule has 5 rings (SSSR count). The van der Waals surface area contributed by atoms with E-state index in [1.54, 1.807) is 12.1 Å². The minimum atomic E-state index is -0.392. The van der Waals surface area contributed by atoms with Crippen molar-refractivity contribution in [3.8, 4) is 5.75 Å². The molecular weight excluding hydrogens is 491 g/mol. The summed E-state index contributed by atoms with van der Waals surface area (Å²) in [5.41, 5.74) is 3.71. The van der Waals surface area contributed by atoms with E-state index in [4.69, 9.17) is 27.9 Å². The Kier molecular flexibility index (Phi) is 6.37. The van der Waals surface area contributed by atoms with Crippen molar-refractivity contribution in [3.05, 3.63) is 105 Å². The van der Waals surface area contributed by atoms with Gasteiger partial charge in [-0.25, -0.2) is 0 Å². The predicted octanol–water partition coefficient (Wildman–Crippen LogP) is 6.90. The van der Waals surface area contributed by atoms with Crippen LogP contribution in [0.4, 0.5) is 4.79 Å². The maximum Gasteiger partial charge on any atom is 0.290 e. The number of para-hydroxylation sites is 1. The first kappa shape index (κ1) is 22.6. The normalized spacial score (nSPS) is 14.7. The van der Waals surface area contributed by atoms with Gasteiger partial charge in [0.1, 0.15) is 12.4 Å². The van der Waals surface area contributed by atoms with Crippen molar-refractivity contribution < 1.29 is 14.3 Å². The summed E-state index contributed by atoms with van der Waals surface area (Å²) < 4.78 is 8.28. The van der Waals surface area contributed by atoms with E-state index < -0.39 is 5.91 Å². The minimum absolute atomic E-state index is 0.356. The second kappa shape index (κ2) is 9.58. The summed E-state index contributed by atoms with van der Waals surface area (Å²) in [5, 5.41) is 3.81. The Morgan fingerprint density at radius 1 is 0.941 bits per heavy atom. The van der Waals surface area contributed by atoms with Crippen molar-refractivity contribution in [3.63, 3.8) is 0 Å². The number of nitrogens with one attached hydrogen (secondary N) is 1. The Morgan fingerprint density at radius 2 is 1.76 bits per heavy atom. The largest absolute Gasteiger partial charge is 0.487 e. The average molecular weight is 509 g/mol. The van der Waals surface area contributed by atoms with Crippen molar-refractivity contribution >= 4 is 63.1 Å². The Balaban J connectivity index is 1.59. The second-order valence-electron chi connectivity index (χ2n) is 7.74. The van der Waals surface area contributed by atoms with Gasteiger partial charge >= 0.3 is 0 Å². The fourth-order valence-electron chi connectivity index (χ4n) is 3.84. The van der Waals surface area contributed by atoms with E-state index in [2.05, 4.69) is 9.88 Å². The lowest BCUT2D eigenvalue weighted by Crippen LogP contribution is -2.17. The van der Waals surface area contributed by atoms with Crippen LogP contribution in [0, 0.1) is 0 Å². The van der Waals surface area contributed by atoms with Crippen molar-refractivity contribution in [1.82, 2.24) is 9.88 Å². The number of benzene rings is 3. The van der Waals surface area contributed by atoms with Crippen molar-refractivity contribution in [2.45, 2.75) is 13.2 Å². The summed E-state index contributed by atoms with van der Waals surface area (Å²) in [6, 6.07) is 21.3. The smallest absolute Gasteiger partial charge is 0.290 e. The molecule has 5 nitrogen and oxygen atoms in total. The van der Waals surface area contributed by atoms with Crippen LogP contribution in [0.5, 0.6) is 5.75 Å². The van der Waals surface area contributed by atoms with Gasteiger partial charge in [0.2, 0.25) is 0 Å². The number of aromatic nitrogens is 1. The van der Waals surface area contributed by atoms with Crippen LogP contribution >= 0.6 is 35.0 Å². The lowest BCUT2D eigenvalue weighted by molar-refractivity contribution is -0.115. The van der Waals surface area contributed by atoms with Gasteiger partial charge in [-0.15, -0.1) is 0 Å². The quantitative estimate of drug-likeness (QED) is 0.287. The summed E-state index contributed by atoms with van der Waals surface area (Å²) in [5.74, 6) is 0.322. The first-order chi connectivity index (χ1) is 16.5. The van der Waals surface area contributed by atoms with Gasteiger partial charge in [0.15, 0.2) is 0 Å². The molecule has 0 unspecified atom stereocenters.